The number of nitrogens with two attached hydrogens (primary N) is 1. The first-order valence-electron chi connectivity index (χ1n) is 8.49. The van der Waals surface area contributed by atoms with E-state index in [-0.39, 0.29) is 12.2 Å². The summed E-state index contributed by atoms with van der Waals surface area (Å²) in [4.78, 5) is 36.0. The third-order valence-electron chi connectivity index (χ3n) is 4.01. The van der Waals surface area contributed by atoms with E-state index in [4.69, 9.17) is 26.8 Å². The zero-order valence-corrected chi connectivity index (χ0v) is 16.2. The Hall–Kier alpha value is -3.06. The van der Waals surface area contributed by atoms with E-state index in [1.807, 2.05) is 0 Å². The number of esters is 1. The van der Waals surface area contributed by atoms with Crippen LogP contribution in [0.15, 0.2) is 48.5 Å². The van der Waals surface area contributed by atoms with Crippen molar-refractivity contribution in [2.24, 2.45) is 5.73 Å². The monoisotopic (exact) mass is 404 g/mol. The first kappa shape index (κ1) is 21.2. The SMILES string of the molecule is COc1ccc(C(=O)C(C)OC(=O)CC(NC(N)=O)c2ccc(Cl)cc2)cc1. The van der Waals surface area contributed by atoms with Crippen molar-refractivity contribution in [1.82, 2.24) is 5.32 Å². The predicted octanol–water partition coefficient (Wildman–Crippen LogP) is 3.26. The Morgan fingerprint density at radius 3 is 2.21 bits per heavy atom. The second-order valence-corrected chi connectivity index (χ2v) is 6.48. The number of carbonyl (C=O) groups is 3. The molecule has 0 heterocycles. The molecule has 3 N–H and O–H groups in total. The van der Waals surface area contributed by atoms with Crippen molar-refractivity contribution in [1.29, 1.82) is 0 Å². The van der Waals surface area contributed by atoms with Crippen LogP contribution in [-0.4, -0.2) is 31.0 Å². The molecule has 0 fully saturated rings. The fourth-order valence-electron chi connectivity index (χ4n) is 2.57. The maximum atomic E-state index is 12.4. The van der Waals surface area contributed by atoms with Crippen LogP contribution in [-0.2, 0) is 9.53 Å². The number of hydrogen-bond acceptors (Lipinski definition) is 5. The van der Waals surface area contributed by atoms with Gasteiger partial charge in [-0.15, -0.1) is 0 Å². The minimum atomic E-state index is -0.986. The van der Waals surface area contributed by atoms with Gasteiger partial charge in [-0.1, -0.05) is 23.7 Å². The molecule has 0 bridgehead atoms. The quantitative estimate of drug-likeness (QED) is 0.518. The summed E-state index contributed by atoms with van der Waals surface area (Å²) in [6, 6.07) is 11.6. The molecule has 2 amide bonds. The van der Waals surface area contributed by atoms with Crippen LogP contribution in [0.5, 0.6) is 5.75 Å². The highest BCUT2D eigenvalue weighted by Crippen LogP contribution is 2.21. The van der Waals surface area contributed by atoms with Crippen LogP contribution in [0, 0.1) is 0 Å². The molecule has 2 rings (SSSR count). The van der Waals surface area contributed by atoms with Crippen LogP contribution in [0.2, 0.25) is 5.02 Å². The van der Waals surface area contributed by atoms with Crippen LogP contribution < -0.4 is 15.8 Å². The fraction of sp³-hybridized carbons (Fsp3) is 0.250. The molecule has 0 saturated carbocycles. The summed E-state index contributed by atoms with van der Waals surface area (Å²) >= 11 is 5.86. The Labute approximate surface area is 167 Å². The van der Waals surface area contributed by atoms with Gasteiger partial charge in [-0.05, 0) is 48.9 Å². The number of rotatable bonds is 8. The zero-order chi connectivity index (χ0) is 20.7. The lowest BCUT2D eigenvalue weighted by Crippen LogP contribution is -2.35. The Kier molecular flexibility index (Phi) is 7.40. The highest BCUT2D eigenvalue weighted by atomic mass is 35.5. The molecule has 0 aliphatic heterocycles. The largest absolute Gasteiger partial charge is 0.497 e. The van der Waals surface area contributed by atoms with Gasteiger partial charge in [0.2, 0.25) is 5.78 Å². The average molecular weight is 405 g/mol. The number of hydrogen-bond donors (Lipinski definition) is 2. The molecular formula is C20H21ClN2O5. The Bertz CT molecular complexity index is 837. The molecule has 2 atom stereocenters. The second-order valence-electron chi connectivity index (χ2n) is 6.04. The first-order chi connectivity index (χ1) is 13.3. The normalized spacial score (nSPS) is 12.5. The molecule has 2 aromatic carbocycles. The minimum absolute atomic E-state index is 0.190. The van der Waals surface area contributed by atoms with Crippen molar-refractivity contribution >= 4 is 29.4 Å². The molecule has 8 heteroatoms. The molecule has 28 heavy (non-hydrogen) atoms. The third kappa shape index (κ3) is 5.99. The first-order valence-corrected chi connectivity index (χ1v) is 8.87. The number of halogens is 1. The van der Waals surface area contributed by atoms with Crippen molar-refractivity contribution in [2.75, 3.05) is 7.11 Å². The maximum Gasteiger partial charge on any atom is 0.312 e. The van der Waals surface area contributed by atoms with E-state index < -0.39 is 24.1 Å². The number of ether oxygens (including phenoxy) is 2. The number of benzene rings is 2. The standard InChI is InChI=1S/C20H21ClN2O5/c1-12(19(25)14-5-9-16(27-2)10-6-14)28-18(24)11-17(23-20(22)26)13-3-7-15(21)8-4-13/h3-10,12,17H,11H2,1-2H3,(H3,22,23,26). The van der Waals surface area contributed by atoms with Crippen molar-refractivity contribution in [2.45, 2.75) is 25.5 Å². The van der Waals surface area contributed by atoms with Crippen molar-refractivity contribution in [3.05, 3.63) is 64.7 Å². The number of urea groups is 1. The smallest absolute Gasteiger partial charge is 0.312 e. The number of carbonyl (C=O) groups excluding carboxylic acids is 3. The third-order valence-corrected chi connectivity index (χ3v) is 4.26. The number of amides is 2. The lowest BCUT2D eigenvalue weighted by molar-refractivity contribution is -0.146. The molecule has 148 valence electrons. The van der Waals surface area contributed by atoms with Crippen molar-refractivity contribution in [3.8, 4) is 5.75 Å². The van der Waals surface area contributed by atoms with Crippen LogP contribution in [0.1, 0.15) is 35.3 Å². The fourth-order valence-corrected chi connectivity index (χ4v) is 2.70. The van der Waals surface area contributed by atoms with Crippen LogP contribution in [0.3, 0.4) is 0 Å². The summed E-state index contributed by atoms with van der Waals surface area (Å²) in [6.07, 6.45) is -1.18. The zero-order valence-electron chi connectivity index (χ0n) is 15.5. The van der Waals surface area contributed by atoms with Crippen LogP contribution >= 0.6 is 11.6 Å². The minimum Gasteiger partial charge on any atom is -0.497 e. The predicted molar refractivity (Wildman–Crippen MR) is 104 cm³/mol. The van der Waals surface area contributed by atoms with E-state index in [0.717, 1.165) is 0 Å². The molecule has 0 radical (unpaired) electrons. The highest BCUT2D eigenvalue weighted by molar-refractivity contribution is 6.30. The molecule has 0 saturated heterocycles. The van der Waals surface area contributed by atoms with Gasteiger partial charge >= 0.3 is 12.0 Å². The lowest BCUT2D eigenvalue weighted by Gasteiger charge is -2.19. The van der Waals surface area contributed by atoms with Gasteiger partial charge in [0, 0.05) is 10.6 Å². The van der Waals surface area contributed by atoms with Gasteiger partial charge in [0.1, 0.15) is 5.75 Å². The van der Waals surface area contributed by atoms with Gasteiger partial charge in [0.05, 0.1) is 19.6 Å². The van der Waals surface area contributed by atoms with E-state index in [0.29, 0.717) is 21.9 Å². The van der Waals surface area contributed by atoms with Crippen molar-refractivity contribution in [3.63, 3.8) is 0 Å². The molecule has 0 spiro atoms. The van der Waals surface area contributed by atoms with Gasteiger partial charge in [0.15, 0.2) is 6.10 Å². The van der Waals surface area contributed by atoms with E-state index in [1.54, 1.807) is 48.5 Å². The molecule has 0 aliphatic rings. The van der Waals surface area contributed by atoms with Gasteiger partial charge in [0.25, 0.3) is 0 Å². The summed E-state index contributed by atoms with van der Waals surface area (Å²) in [5, 5.41) is 3.01. The summed E-state index contributed by atoms with van der Waals surface area (Å²) in [5.74, 6) is -0.380. The number of Topliss-reactive ketones (excluding diaryl/α,β-unsaturated/α-hetero) is 1. The van der Waals surface area contributed by atoms with Gasteiger partial charge in [-0.25, -0.2) is 4.79 Å². The maximum absolute atomic E-state index is 12.4. The molecule has 7 nitrogen and oxygen atoms in total. The number of primary amides is 1. The molecule has 2 unspecified atom stereocenters. The van der Waals surface area contributed by atoms with Crippen LogP contribution in [0.4, 0.5) is 4.79 Å². The van der Waals surface area contributed by atoms with E-state index >= 15 is 0 Å². The summed E-state index contributed by atoms with van der Waals surface area (Å²) in [5.41, 5.74) is 6.22. The molecule has 0 aromatic heterocycles. The summed E-state index contributed by atoms with van der Waals surface area (Å²) in [6.45, 7) is 1.49. The lowest BCUT2D eigenvalue weighted by atomic mass is 10.0. The van der Waals surface area contributed by atoms with Crippen LogP contribution in [0.25, 0.3) is 0 Å². The molecular weight excluding hydrogens is 384 g/mol. The number of methoxy groups -OCH3 is 1. The Balaban J connectivity index is 2.02. The van der Waals surface area contributed by atoms with E-state index in [2.05, 4.69) is 5.32 Å². The summed E-state index contributed by atoms with van der Waals surface area (Å²) < 4.78 is 10.3. The highest BCUT2D eigenvalue weighted by Gasteiger charge is 2.23. The Morgan fingerprint density at radius 1 is 1.07 bits per heavy atom. The number of ketones is 1. The molecule has 0 aliphatic carbocycles. The van der Waals surface area contributed by atoms with Gasteiger partial charge < -0.3 is 20.5 Å². The topological polar surface area (TPSA) is 108 Å². The molecule has 2 aromatic rings. The van der Waals surface area contributed by atoms with E-state index in [1.165, 1.54) is 14.0 Å². The average Bonchev–Trinajstić information content (AvgIpc) is 2.67. The Morgan fingerprint density at radius 2 is 1.68 bits per heavy atom. The van der Waals surface area contributed by atoms with Gasteiger partial charge in [-0.3, -0.25) is 9.59 Å². The second kappa shape index (κ2) is 9.75. The van der Waals surface area contributed by atoms with E-state index in [9.17, 15) is 14.4 Å². The number of nitrogens with one attached hydrogen (secondary N) is 1. The van der Waals surface area contributed by atoms with Gasteiger partial charge in [-0.2, -0.15) is 0 Å². The van der Waals surface area contributed by atoms with Crippen molar-refractivity contribution < 1.29 is 23.9 Å². The summed E-state index contributed by atoms with van der Waals surface area (Å²) in [7, 11) is 1.53.